The number of carbonyl (C=O) groups excluding carboxylic acids is 1. The average molecular weight is 373 g/mol. The van der Waals surface area contributed by atoms with Gasteiger partial charge < -0.3 is 15.4 Å². The van der Waals surface area contributed by atoms with Crippen LogP contribution in [0.1, 0.15) is 40.2 Å². The fraction of sp³-hybridized carbons (Fsp3) is 0.381. The Morgan fingerprint density at radius 3 is 2.85 bits per heavy atom. The zero-order chi connectivity index (χ0) is 18.2. The summed E-state index contributed by atoms with van der Waals surface area (Å²) < 4.78 is 5.60. The highest BCUT2D eigenvalue weighted by molar-refractivity contribution is 6.30. The maximum Gasteiger partial charge on any atom is 0.251 e. The summed E-state index contributed by atoms with van der Waals surface area (Å²) in [6.45, 7) is 3.55. The van der Waals surface area contributed by atoms with Gasteiger partial charge in [-0.15, -0.1) is 0 Å². The Labute approximate surface area is 159 Å². The summed E-state index contributed by atoms with van der Waals surface area (Å²) in [6.07, 6.45) is 2.36. The molecule has 1 atom stereocenters. The van der Waals surface area contributed by atoms with Crippen LogP contribution in [0.5, 0.6) is 0 Å². The molecule has 0 radical (unpaired) electrons. The predicted molar refractivity (Wildman–Crippen MR) is 105 cm³/mol. The average Bonchev–Trinajstić information content (AvgIpc) is 2.70. The molecule has 1 fully saturated rings. The molecule has 2 aromatic rings. The van der Waals surface area contributed by atoms with E-state index in [-0.39, 0.29) is 5.91 Å². The number of carbonyl (C=O) groups is 1. The summed E-state index contributed by atoms with van der Waals surface area (Å²) in [5.74, 6) is 0.449. The van der Waals surface area contributed by atoms with Gasteiger partial charge in [-0.05, 0) is 60.7 Å². The Morgan fingerprint density at radius 1 is 1.23 bits per heavy atom. The Morgan fingerprint density at radius 2 is 2.08 bits per heavy atom. The third-order valence-corrected chi connectivity index (χ3v) is 4.88. The molecule has 26 heavy (non-hydrogen) atoms. The lowest BCUT2D eigenvalue weighted by molar-refractivity contribution is 0.0900. The first-order valence-corrected chi connectivity index (χ1v) is 9.51. The van der Waals surface area contributed by atoms with Crippen molar-refractivity contribution in [2.75, 3.05) is 26.2 Å². The van der Waals surface area contributed by atoms with Crippen LogP contribution in [0.3, 0.4) is 0 Å². The molecular weight excluding hydrogens is 348 g/mol. The van der Waals surface area contributed by atoms with E-state index in [9.17, 15) is 4.79 Å². The molecule has 4 nitrogen and oxygen atoms in total. The van der Waals surface area contributed by atoms with E-state index in [4.69, 9.17) is 16.3 Å². The summed E-state index contributed by atoms with van der Waals surface area (Å²) in [4.78, 5) is 12.4. The zero-order valence-corrected chi connectivity index (χ0v) is 15.6. The van der Waals surface area contributed by atoms with Crippen molar-refractivity contribution in [2.24, 2.45) is 0 Å². The molecule has 138 valence electrons. The minimum atomic E-state index is -0.0503. The van der Waals surface area contributed by atoms with E-state index in [1.807, 2.05) is 42.5 Å². The highest BCUT2D eigenvalue weighted by Gasteiger charge is 2.16. The van der Waals surface area contributed by atoms with Crippen molar-refractivity contribution in [1.82, 2.24) is 10.6 Å². The van der Waals surface area contributed by atoms with Gasteiger partial charge in [0.05, 0.1) is 13.2 Å². The van der Waals surface area contributed by atoms with Crippen molar-refractivity contribution >= 4 is 17.5 Å². The summed E-state index contributed by atoms with van der Waals surface area (Å²) in [6, 6.07) is 15.5. The van der Waals surface area contributed by atoms with Crippen LogP contribution < -0.4 is 10.6 Å². The molecule has 0 aromatic heterocycles. The van der Waals surface area contributed by atoms with Crippen LogP contribution in [0, 0.1) is 0 Å². The van der Waals surface area contributed by atoms with Crippen LogP contribution >= 0.6 is 11.6 Å². The largest absolute Gasteiger partial charge is 0.375 e. The minimum absolute atomic E-state index is 0.0503. The topological polar surface area (TPSA) is 50.4 Å². The quantitative estimate of drug-likeness (QED) is 0.728. The normalized spacial score (nSPS) is 17.0. The van der Waals surface area contributed by atoms with Crippen LogP contribution in [0.2, 0.25) is 5.02 Å². The lowest BCUT2D eigenvalue weighted by Crippen LogP contribution is -2.29. The maximum absolute atomic E-state index is 12.4. The summed E-state index contributed by atoms with van der Waals surface area (Å²) in [7, 11) is 0. The van der Waals surface area contributed by atoms with Crippen LogP contribution in [0.15, 0.2) is 48.5 Å². The van der Waals surface area contributed by atoms with Gasteiger partial charge in [0, 0.05) is 23.7 Å². The van der Waals surface area contributed by atoms with Crippen LogP contribution in [0.4, 0.5) is 0 Å². The molecule has 0 saturated carbocycles. The minimum Gasteiger partial charge on any atom is -0.375 e. The molecule has 0 aliphatic carbocycles. The first-order chi connectivity index (χ1) is 12.7. The molecule has 1 aliphatic rings. The second-order valence-electron chi connectivity index (χ2n) is 6.60. The molecule has 0 bridgehead atoms. The van der Waals surface area contributed by atoms with E-state index in [1.54, 1.807) is 0 Å². The Bertz CT molecular complexity index is 712. The Balaban J connectivity index is 1.42. The van der Waals surface area contributed by atoms with Crippen LogP contribution in [-0.2, 0) is 11.3 Å². The van der Waals surface area contributed by atoms with Gasteiger partial charge in [-0.3, -0.25) is 4.79 Å². The molecular formula is C21H25ClN2O2. The van der Waals surface area contributed by atoms with Crippen molar-refractivity contribution in [3.05, 3.63) is 70.2 Å². The smallest absolute Gasteiger partial charge is 0.251 e. The number of hydrogen-bond acceptors (Lipinski definition) is 3. The third-order valence-electron chi connectivity index (χ3n) is 4.63. The fourth-order valence-corrected chi connectivity index (χ4v) is 3.31. The van der Waals surface area contributed by atoms with Gasteiger partial charge in [0.1, 0.15) is 0 Å². The molecule has 1 saturated heterocycles. The van der Waals surface area contributed by atoms with Gasteiger partial charge in [-0.1, -0.05) is 35.9 Å². The highest BCUT2D eigenvalue weighted by atomic mass is 35.5. The fourth-order valence-electron chi connectivity index (χ4n) is 3.18. The molecule has 1 aliphatic heterocycles. The monoisotopic (exact) mass is 372 g/mol. The lowest BCUT2D eigenvalue weighted by Gasteiger charge is -2.23. The van der Waals surface area contributed by atoms with Gasteiger partial charge in [0.25, 0.3) is 5.91 Å². The molecule has 5 heteroatoms. The summed E-state index contributed by atoms with van der Waals surface area (Å²) >= 11 is 5.86. The number of ether oxygens (including phenoxy) is 1. The molecule has 2 N–H and O–H groups in total. The SMILES string of the molecule is O=C(NCCOCc1ccc(Cl)cc1)c1cccc([C@H]2CCCNC2)c1. The summed E-state index contributed by atoms with van der Waals surface area (Å²) in [5.41, 5.74) is 3.02. The van der Waals surface area contributed by atoms with Gasteiger partial charge in [-0.2, -0.15) is 0 Å². The van der Waals surface area contributed by atoms with Crippen molar-refractivity contribution in [3.8, 4) is 0 Å². The number of halogens is 1. The molecule has 1 heterocycles. The highest BCUT2D eigenvalue weighted by Crippen LogP contribution is 2.23. The van der Waals surface area contributed by atoms with E-state index in [1.165, 1.54) is 18.4 Å². The van der Waals surface area contributed by atoms with E-state index in [0.717, 1.165) is 18.7 Å². The molecule has 0 spiro atoms. The second kappa shape index (κ2) is 9.72. The molecule has 0 unspecified atom stereocenters. The Hall–Kier alpha value is -1.88. The van der Waals surface area contributed by atoms with Gasteiger partial charge in [-0.25, -0.2) is 0 Å². The zero-order valence-electron chi connectivity index (χ0n) is 14.8. The van der Waals surface area contributed by atoms with Crippen LogP contribution in [0.25, 0.3) is 0 Å². The van der Waals surface area contributed by atoms with Crippen LogP contribution in [-0.4, -0.2) is 32.1 Å². The van der Waals surface area contributed by atoms with E-state index in [0.29, 0.717) is 36.3 Å². The number of rotatable bonds is 7. The second-order valence-corrected chi connectivity index (χ2v) is 7.04. The lowest BCUT2D eigenvalue weighted by atomic mass is 9.90. The first kappa shape index (κ1) is 18.9. The first-order valence-electron chi connectivity index (χ1n) is 9.13. The van der Waals surface area contributed by atoms with Gasteiger partial charge in [0.2, 0.25) is 0 Å². The number of nitrogens with one attached hydrogen (secondary N) is 2. The van der Waals surface area contributed by atoms with Crippen molar-refractivity contribution in [1.29, 1.82) is 0 Å². The van der Waals surface area contributed by atoms with E-state index in [2.05, 4.69) is 16.7 Å². The standard InChI is InChI=1S/C21H25ClN2O2/c22-20-8-6-16(7-9-20)15-26-12-11-24-21(25)18-4-1-3-17(13-18)19-5-2-10-23-14-19/h1,3-4,6-9,13,19,23H,2,5,10-12,14-15H2,(H,24,25)/t19-/m0/s1. The van der Waals surface area contributed by atoms with Crippen molar-refractivity contribution in [3.63, 3.8) is 0 Å². The number of amides is 1. The predicted octanol–water partition coefficient (Wildman–Crippen LogP) is 3.75. The van der Waals surface area contributed by atoms with Gasteiger partial charge >= 0.3 is 0 Å². The third kappa shape index (κ3) is 5.56. The number of benzene rings is 2. The summed E-state index contributed by atoms with van der Waals surface area (Å²) in [5, 5.41) is 7.06. The van der Waals surface area contributed by atoms with Crippen molar-refractivity contribution < 1.29 is 9.53 Å². The van der Waals surface area contributed by atoms with E-state index < -0.39 is 0 Å². The Kier molecular flexibility index (Phi) is 7.06. The maximum atomic E-state index is 12.4. The van der Waals surface area contributed by atoms with Gasteiger partial charge in [0.15, 0.2) is 0 Å². The number of piperidine rings is 1. The molecule has 1 amide bonds. The molecule has 3 rings (SSSR count). The van der Waals surface area contributed by atoms with E-state index >= 15 is 0 Å². The molecule has 2 aromatic carbocycles. The van der Waals surface area contributed by atoms with Crippen molar-refractivity contribution in [2.45, 2.75) is 25.4 Å². The number of hydrogen-bond donors (Lipinski definition) is 2.